The molecule has 0 saturated carbocycles. The van der Waals surface area contributed by atoms with Gasteiger partial charge in [-0.25, -0.2) is 8.42 Å². The molecule has 1 atom stereocenters. The van der Waals surface area contributed by atoms with Crippen LogP contribution >= 0.6 is 11.6 Å². The van der Waals surface area contributed by atoms with Crippen molar-refractivity contribution < 1.29 is 27.5 Å². The molecule has 0 unspecified atom stereocenters. The molecule has 0 aliphatic carbocycles. The number of anilines is 2. The Bertz CT molecular complexity index is 1310. The minimum absolute atomic E-state index is 0.00883. The van der Waals surface area contributed by atoms with Crippen LogP contribution in [0.5, 0.6) is 11.5 Å². The number of amides is 2. The van der Waals surface area contributed by atoms with Gasteiger partial charge >= 0.3 is 0 Å². The average Bonchev–Trinajstić information content (AvgIpc) is 2.92. The summed E-state index contributed by atoms with van der Waals surface area (Å²) in [5, 5.41) is 2.61. The second kappa shape index (κ2) is 10.4. The zero-order chi connectivity index (χ0) is 26.2. The number of piperazine rings is 1. The van der Waals surface area contributed by atoms with Crippen LogP contribution in [0.3, 0.4) is 0 Å². The number of carbonyl (C=O) groups excluding carboxylic acids is 2. The number of para-hydroxylation sites is 2. The van der Waals surface area contributed by atoms with Gasteiger partial charge in [-0.15, -0.1) is 0 Å². The third-order valence-corrected chi connectivity index (χ3v) is 9.37. The van der Waals surface area contributed by atoms with Gasteiger partial charge in [-0.2, -0.15) is 4.31 Å². The molecule has 2 saturated heterocycles. The SMILES string of the molecule is COc1ccccc1N1CCN(C(=O)[C@H]2CCCN(S(=O)(=O)c3cc4c(cc3Cl)NC(=O)CO4)C2)CC1. The lowest BCUT2D eigenvalue weighted by Gasteiger charge is -2.39. The molecule has 37 heavy (non-hydrogen) atoms. The highest BCUT2D eigenvalue weighted by atomic mass is 35.5. The molecule has 3 aliphatic rings. The van der Waals surface area contributed by atoms with Crippen LogP contribution < -0.4 is 19.7 Å². The van der Waals surface area contributed by atoms with Crippen molar-refractivity contribution in [2.45, 2.75) is 17.7 Å². The maximum Gasteiger partial charge on any atom is 0.262 e. The molecule has 2 amide bonds. The van der Waals surface area contributed by atoms with E-state index in [1.54, 1.807) is 7.11 Å². The number of benzene rings is 2. The Morgan fingerprint density at radius 3 is 2.65 bits per heavy atom. The second-order valence-corrected chi connectivity index (χ2v) is 11.6. The van der Waals surface area contributed by atoms with E-state index in [1.807, 2.05) is 29.2 Å². The first kappa shape index (κ1) is 25.6. The van der Waals surface area contributed by atoms with E-state index in [4.69, 9.17) is 21.1 Å². The van der Waals surface area contributed by atoms with Crippen LogP contribution in [-0.2, 0) is 19.6 Å². The third-order valence-electron chi connectivity index (χ3n) is 7.04. The minimum Gasteiger partial charge on any atom is -0.495 e. The highest BCUT2D eigenvalue weighted by Gasteiger charge is 2.37. The fourth-order valence-electron chi connectivity index (χ4n) is 5.10. The van der Waals surface area contributed by atoms with Crippen LogP contribution in [0.15, 0.2) is 41.3 Å². The Balaban J connectivity index is 1.26. The van der Waals surface area contributed by atoms with E-state index in [-0.39, 0.29) is 40.6 Å². The first-order valence-electron chi connectivity index (χ1n) is 12.2. The first-order chi connectivity index (χ1) is 17.8. The van der Waals surface area contributed by atoms with Crippen LogP contribution in [0.25, 0.3) is 0 Å². The lowest BCUT2D eigenvalue weighted by Crippen LogP contribution is -2.53. The molecule has 0 bridgehead atoms. The highest BCUT2D eigenvalue weighted by molar-refractivity contribution is 7.89. The van der Waals surface area contributed by atoms with Crippen molar-refractivity contribution in [3.63, 3.8) is 0 Å². The number of sulfonamides is 1. The van der Waals surface area contributed by atoms with E-state index in [1.165, 1.54) is 16.4 Å². The van der Waals surface area contributed by atoms with Gasteiger partial charge in [-0.1, -0.05) is 23.7 Å². The molecule has 12 heteroatoms. The Kier molecular flexibility index (Phi) is 7.19. The lowest BCUT2D eigenvalue weighted by molar-refractivity contribution is -0.137. The van der Waals surface area contributed by atoms with Gasteiger partial charge in [0.1, 0.15) is 16.4 Å². The molecule has 1 N–H and O–H groups in total. The Labute approximate surface area is 221 Å². The smallest absolute Gasteiger partial charge is 0.262 e. The van der Waals surface area contributed by atoms with Gasteiger partial charge in [0.25, 0.3) is 5.91 Å². The number of halogens is 1. The highest BCUT2D eigenvalue weighted by Crippen LogP contribution is 2.38. The number of methoxy groups -OCH3 is 1. The topological polar surface area (TPSA) is 108 Å². The van der Waals surface area contributed by atoms with E-state index in [0.29, 0.717) is 51.3 Å². The Morgan fingerprint density at radius 1 is 1.14 bits per heavy atom. The van der Waals surface area contributed by atoms with E-state index in [9.17, 15) is 18.0 Å². The number of nitrogens with one attached hydrogen (secondary N) is 1. The molecular weight excluding hydrogens is 520 g/mol. The molecule has 2 fully saturated rings. The number of piperidine rings is 1. The summed E-state index contributed by atoms with van der Waals surface area (Å²) in [4.78, 5) is 28.9. The standard InChI is InChI=1S/C25H29ClN4O6S/c1-35-21-7-3-2-6-20(21)28-9-11-29(12-10-28)25(32)17-5-4-8-30(15-17)37(33,34)23-14-22-19(13-18(23)26)27-24(31)16-36-22/h2-3,6-7,13-14,17H,4-5,8-12,15-16H2,1H3,(H,27,31)/t17-/m0/s1. The molecule has 0 aromatic heterocycles. The summed E-state index contributed by atoms with van der Waals surface area (Å²) in [6.07, 6.45) is 1.20. The molecule has 2 aromatic rings. The van der Waals surface area contributed by atoms with Crippen molar-refractivity contribution in [1.29, 1.82) is 0 Å². The van der Waals surface area contributed by atoms with Gasteiger partial charge in [-0.05, 0) is 31.0 Å². The van der Waals surface area contributed by atoms with Crippen molar-refractivity contribution in [2.24, 2.45) is 5.92 Å². The van der Waals surface area contributed by atoms with Crippen molar-refractivity contribution in [2.75, 3.05) is 63.2 Å². The summed E-state index contributed by atoms with van der Waals surface area (Å²) in [6.45, 7) is 2.65. The quantitative estimate of drug-likeness (QED) is 0.611. The summed E-state index contributed by atoms with van der Waals surface area (Å²) < 4.78 is 39.2. The zero-order valence-electron chi connectivity index (χ0n) is 20.5. The molecule has 0 spiro atoms. The fourth-order valence-corrected chi connectivity index (χ4v) is 7.14. The summed E-state index contributed by atoms with van der Waals surface area (Å²) in [6, 6.07) is 10.5. The number of nitrogens with zero attached hydrogens (tertiary/aromatic N) is 3. The average molecular weight is 549 g/mol. The molecule has 198 valence electrons. The largest absolute Gasteiger partial charge is 0.495 e. The summed E-state index contributed by atoms with van der Waals surface area (Å²) in [5.41, 5.74) is 1.33. The van der Waals surface area contributed by atoms with Crippen LogP contribution in [-0.4, -0.2) is 82.4 Å². The molecule has 2 aromatic carbocycles. The number of ether oxygens (including phenoxy) is 2. The summed E-state index contributed by atoms with van der Waals surface area (Å²) >= 11 is 6.32. The van der Waals surface area contributed by atoms with Gasteiger partial charge in [0.2, 0.25) is 15.9 Å². The number of fused-ring (bicyclic) bond motifs is 1. The molecular formula is C25H29ClN4O6S. The maximum absolute atomic E-state index is 13.5. The normalized spacial score (nSPS) is 20.6. The van der Waals surface area contributed by atoms with Crippen molar-refractivity contribution in [3.05, 3.63) is 41.4 Å². The Morgan fingerprint density at radius 2 is 1.89 bits per heavy atom. The van der Waals surface area contributed by atoms with Crippen molar-refractivity contribution >= 4 is 44.8 Å². The predicted molar refractivity (Wildman–Crippen MR) is 139 cm³/mol. The van der Waals surface area contributed by atoms with Crippen LogP contribution in [0.1, 0.15) is 12.8 Å². The van der Waals surface area contributed by atoms with Crippen molar-refractivity contribution in [1.82, 2.24) is 9.21 Å². The van der Waals surface area contributed by atoms with E-state index in [2.05, 4.69) is 10.2 Å². The van der Waals surface area contributed by atoms with Gasteiger partial charge in [0, 0.05) is 45.3 Å². The molecule has 3 aliphatic heterocycles. The number of carbonyl (C=O) groups is 2. The monoisotopic (exact) mass is 548 g/mol. The number of hydrogen-bond acceptors (Lipinski definition) is 7. The first-order valence-corrected chi connectivity index (χ1v) is 14.0. The second-order valence-electron chi connectivity index (χ2n) is 9.30. The molecule has 10 nitrogen and oxygen atoms in total. The van der Waals surface area contributed by atoms with Crippen LogP contribution in [0.2, 0.25) is 5.02 Å². The molecule has 5 rings (SSSR count). The molecule has 0 radical (unpaired) electrons. The number of hydrogen-bond donors (Lipinski definition) is 1. The van der Waals surface area contributed by atoms with Gasteiger partial charge in [-0.3, -0.25) is 9.59 Å². The predicted octanol–water partition coefficient (Wildman–Crippen LogP) is 2.43. The summed E-state index contributed by atoms with van der Waals surface area (Å²) in [5.74, 6) is 0.264. The molecule has 3 heterocycles. The van der Waals surface area contributed by atoms with Crippen LogP contribution in [0, 0.1) is 5.92 Å². The zero-order valence-corrected chi connectivity index (χ0v) is 22.1. The third kappa shape index (κ3) is 5.07. The fraction of sp³-hybridized carbons (Fsp3) is 0.440. The van der Waals surface area contributed by atoms with Crippen molar-refractivity contribution in [3.8, 4) is 11.5 Å². The Hall–Kier alpha value is -3.02. The summed E-state index contributed by atoms with van der Waals surface area (Å²) in [7, 11) is -2.33. The van der Waals surface area contributed by atoms with Crippen LogP contribution in [0.4, 0.5) is 11.4 Å². The van der Waals surface area contributed by atoms with Gasteiger partial charge in [0.05, 0.1) is 29.4 Å². The van der Waals surface area contributed by atoms with Gasteiger partial charge in [0.15, 0.2) is 6.61 Å². The minimum atomic E-state index is -3.97. The van der Waals surface area contributed by atoms with Gasteiger partial charge < -0.3 is 24.6 Å². The lowest BCUT2D eigenvalue weighted by atomic mass is 9.97. The number of rotatable bonds is 5. The van der Waals surface area contributed by atoms with E-state index in [0.717, 1.165) is 11.4 Å². The van der Waals surface area contributed by atoms with E-state index < -0.39 is 15.9 Å². The maximum atomic E-state index is 13.5. The van der Waals surface area contributed by atoms with E-state index >= 15 is 0 Å².